The first-order valence-electron chi connectivity index (χ1n) is 6.47. The number of nitrogens with one attached hydrogen (secondary N) is 1. The summed E-state index contributed by atoms with van der Waals surface area (Å²) in [5.74, 6) is -0.654. The Morgan fingerprint density at radius 3 is 2.50 bits per heavy atom. The summed E-state index contributed by atoms with van der Waals surface area (Å²) in [6.45, 7) is -0.0454. The summed E-state index contributed by atoms with van der Waals surface area (Å²) in [6.07, 6.45) is -5.90. The maximum absolute atomic E-state index is 12.5. The Bertz CT molecular complexity index is 726. The van der Waals surface area contributed by atoms with E-state index in [1.54, 1.807) is 30.3 Å². The Morgan fingerprint density at radius 2 is 1.88 bits per heavy atom. The lowest BCUT2D eigenvalue weighted by molar-refractivity contribution is -0.274. The highest BCUT2D eigenvalue weighted by Gasteiger charge is 2.33. The number of benzene rings is 2. The van der Waals surface area contributed by atoms with Crippen molar-refractivity contribution in [2.75, 3.05) is 5.32 Å². The summed E-state index contributed by atoms with van der Waals surface area (Å²) in [5, 5.41) is 2.02. The van der Waals surface area contributed by atoms with E-state index < -0.39 is 18.2 Å². The molecule has 0 unspecified atom stereocenters. The minimum atomic E-state index is -4.94. The van der Waals surface area contributed by atoms with Crippen molar-refractivity contribution in [3.8, 4) is 5.75 Å². The Kier molecular flexibility index (Phi) is 5.95. The number of carbonyl (C=O) groups excluding carboxylic acids is 1. The third kappa shape index (κ3) is 5.61. The largest absolute Gasteiger partial charge is 0.573 e. The summed E-state index contributed by atoms with van der Waals surface area (Å²) < 4.78 is 46.5. The topological polar surface area (TPSA) is 47.6 Å². The number of rotatable bonds is 4. The Balaban J connectivity index is 2.11. The average molecular weight is 425 g/mol. The van der Waals surface area contributed by atoms with Gasteiger partial charge in [0.05, 0.1) is 5.02 Å². The number of anilines is 1. The van der Waals surface area contributed by atoms with Crippen LogP contribution < -0.4 is 10.1 Å². The number of alkyl halides is 3. The molecule has 24 heavy (non-hydrogen) atoms. The van der Waals surface area contributed by atoms with Crippen LogP contribution in [-0.2, 0) is 11.3 Å². The smallest absolute Gasteiger partial charge is 0.444 e. The van der Waals surface area contributed by atoms with Gasteiger partial charge in [-0.3, -0.25) is 5.32 Å². The van der Waals surface area contributed by atoms with Gasteiger partial charge in [0.1, 0.15) is 12.3 Å². The molecule has 128 valence electrons. The zero-order chi connectivity index (χ0) is 17.7. The van der Waals surface area contributed by atoms with Crippen molar-refractivity contribution in [2.24, 2.45) is 0 Å². The fraction of sp³-hybridized carbons (Fsp3) is 0.133. The molecular weight excluding hydrogens is 415 g/mol. The fourth-order valence-electron chi connectivity index (χ4n) is 1.74. The van der Waals surface area contributed by atoms with Crippen molar-refractivity contribution in [1.82, 2.24) is 0 Å². The van der Waals surface area contributed by atoms with Crippen LogP contribution in [0.2, 0.25) is 5.02 Å². The highest BCUT2D eigenvalue weighted by Crippen LogP contribution is 2.38. The van der Waals surface area contributed by atoms with Crippen LogP contribution in [0.25, 0.3) is 0 Å². The molecule has 0 spiro atoms. The standard InChI is InChI=1S/C15H10BrClF3NO3/c16-10-6-11(17)13(12(7-10)24-15(18,19)20)21-14(22)23-8-9-4-2-1-3-5-9/h1-7H,8H2,(H,21,22). The number of carbonyl (C=O) groups is 1. The molecule has 0 heterocycles. The summed E-state index contributed by atoms with van der Waals surface area (Å²) in [6, 6.07) is 11.1. The summed E-state index contributed by atoms with van der Waals surface area (Å²) in [5.41, 5.74) is 0.386. The normalized spacial score (nSPS) is 11.0. The predicted octanol–water partition coefficient (Wildman–Crippen LogP) is 5.75. The highest BCUT2D eigenvalue weighted by atomic mass is 79.9. The predicted molar refractivity (Wildman–Crippen MR) is 86.1 cm³/mol. The molecule has 2 aromatic rings. The van der Waals surface area contributed by atoms with E-state index in [-0.39, 0.29) is 21.8 Å². The second kappa shape index (κ2) is 7.76. The van der Waals surface area contributed by atoms with Crippen LogP contribution in [0.4, 0.5) is 23.7 Å². The quantitative estimate of drug-likeness (QED) is 0.680. The maximum atomic E-state index is 12.5. The maximum Gasteiger partial charge on any atom is 0.573 e. The van der Waals surface area contributed by atoms with Gasteiger partial charge in [-0.1, -0.05) is 57.9 Å². The van der Waals surface area contributed by atoms with Gasteiger partial charge in [-0.25, -0.2) is 4.79 Å². The molecule has 1 N–H and O–H groups in total. The SMILES string of the molecule is O=C(Nc1c(Cl)cc(Br)cc1OC(F)(F)F)OCc1ccccc1. The molecule has 0 atom stereocenters. The summed E-state index contributed by atoms with van der Waals surface area (Å²) in [7, 11) is 0. The van der Waals surface area contributed by atoms with Crippen LogP contribution in [0.3, 0.4) is 0 Å². The van der Waals surface area contributed by atoms with Crippen molar-refractivity contribution in [1.29, 1.82) is 0 Å². The molecule has 0 saturated heterocycles. The van der Waals surface area contributed by atoms with E-state index in [0.29, 0.717) is 0 Å². The number of amides is 1. The van der Waals surface area contributed by atoms with Gasteiger partial charge in [0, 0.05) is 4.47 Å². The van der Waals surface area contributed by atoms with Crippen molar-refractivity contribution in [3.05, 3.63) is 57.5 Å². The highest BCUT2D eigenvalue weighted by molar-refractivity contribution is 9.10. The molecule has 0 aliphatic carbocycles. The number of hydrogen-bond donors (Lipinski definition) is 1. The Morgan fingerprint density at radius 1 is 1.21 bits per heavy atom. The van der Waals surface area contributed by atoms with Crippen LogP contribution in [0.5, 0.6) is 5.75 Å². The van der Waals surface area contributed by atoms with Crippen LogP contribution in [-0.4, -0.2) is 12.5 Å². The molecule has 0 aliphatic heterocycles. The minimum Gasteiger partial charge on any atom is -0.444 e. The van der Waals surface area contributed by atoms with Crippen LogP contribution in [0, 0.1) is 0 Å². The molecule has 0 aromatic heterocycles. The lowest BCUT2D eigenvalue weighted by Crippen LogP contribution is -2.20. The summed E-state index contributed by atoms with van der Waals surface area (Å²) in [4.78, 5) is 11.8. The van der Waals surface area contributed by atoms with Gasteiger partial charge in [0.25, 0.3) is 0 Å². The number of hydrogen-bond acceptors (Lipinski definition) is 3. The van der Waals surface area contributed by atoms with E-state index in [9.17, 15) is 18.0 Å². The molecule has 4 nitrogen and oxygen atoms in total. The molecule has 0 aliphatic rings. The van der Waals surface area contributed by atoms with Crippen molar-refractivity contribution >= 4 is 39.3 Å². The molecular formula is C15H10BrClF3NO3. The fourth-order valence-corrected chi connectivity index (χ4v) is 2.56. The second-order valence-electron chi connectivity index (χ2n) is 4.50. The number of ether oxygens (including phenoxy) is 2. The lowest BCUT2D eigenvalue weighted by atomic mass is 10.2. The van der Waals surface area contributed by atoms with Crippen molar-refractivity contribution < 1.29 is 27.4 Å². The first-order valence-corrected chi connectivity index (χ1v) is 7.64. The molecule has 0 radical (unpaired) electrons. The molecule has 9 heteroatoms. The van der Waals surface area contributed by atoms with E-state index in [0.717, 1.165) is 11.6 Å². The van der Waals surface area contributed by atoms with Gasteiger partial charge in [-0.05, 0) is 17.7 Å². The van der Waals surface area contributed by atoms with Crippen LogP contribution >= 0.6 is 27.5 Å². The van der Waals surface area contributed by atoms with E-state index >= 15 is 0 Å². The van der Waals surface area contributed by atoms with Crippen LogP contribution in [0.1, 0.15) is 5.56 Å². The van der Waals surface area contributed by atoms with Gasteiger partial charge in [0.2, 0.25) is 0 Å². The monoisotopic (exact) mass is 423 g/mol. The summed E-state index contributed by atoms with van der Waals surface area (Å²) >= 11 is 8.88. The minimum absolute atomic E-state index is 0.0454. The van der Waals surface area contributed by atoms with Crippen molar-refractivity contribution in [2.45, 2.75) is 13.0 Å². The van der Waals surface area contributed by atoms with Gasteiger partial charge in [0.15, 0.2) is 5.75 Å². The van der Waals surface area contributed by atoms with Gasteiger partial charge >= 0.3 is 12.5 Å². The van der Waals surface area contributed by atoms with Crippen molar-refractivity contribution in [3.63, 3.8) is 0 Å². The molecule has 0 saturated carbocycles. The first kappa shape index (κ1) is 18.4. The zero-order valence-corrected chi connectivity index (χ0v) is 14.2. The van der Waals surface area contributed by atoms with E-state index in [4.69, 9.17) is 16.3 Å². The second-order valence-corrected chi connectivity index (χ2v) is 5.82. The molecule has 2 rings (SSSR count). The van der Waals surface area contributed by atoms with Gasteiger partial charge in [-0.15, -0.1) is 13.2 Å². The lowest BCUT2D eigenvalue weighted by Gasteiger charge is -2.16. The Labute approximate surface area is 148 Å². The third-order valence-corrected chi connectivity index (χ3v) is 3.44. The first-order chi connectivity index (χ1) is 11.2. The van der Waals surface area contributed by atoms with E-state index in [2.05, 4.69) is 26.0 Å². The van der Waals surface area contributed by atoms with E-state index in [1.807, 2.05) is 0 Å². The Hall–Kier alpha value is -1.93. The third-order valence-electron chi connectivity index (χ3n) is 2.68. The molecule has 1 amide bonds. The number of halogens is 5. The molecule has 0 bridgehead atoms. The van der Waals surface area contributed by atoms with E-state index in [1.165, 1.54) is 6.07 Å². The van der Waals surface area contributed by atoms with Crippen LogP contribution in [0.15, 0.2) is 46.9 Å². The van der Waals surface area contributed by atoms with Gasteiger partial charge < -0.3 is 9.47 Å². The molecule has 2 aromatic carbocycles. The molecule has 0 fully saturated rings. The average Bonchev–Trinajstić information content (AvgIpc) is 2.48. The zero-order valence-electron chi connectivity index (χ0n) is 11.9. The van der Waals surface area contributed by atoms with Gasteiger partial charge in [-0.2, -0.15) is 0 Å².